The van der Waals surface area contributed by atoms with Crippen molar-refractivity contribution in [3.05, 3.63) is 64.2 Å². The molecule has 1 atom stereocenters. The number of nitrogens with one attached hydrogen (secondary N) is 1. The molecule has 0 unspecified atom stereocenters. The van der Waals surface area contributed by atoms with Gasteiger partial charge in [0.1, 0.15) is 5.75 Å². The van der Waals surface area contributed by atoms with E-state index in [9.17, 15) is 4.79 Å². The van der Waals surface area contributed by atoms with Crippen molar-refractivity contribution in [2.45, 2.75) is 45.7 Å². The summed E-state index contributed by atoms with van der Waals surface area (Å²) in [6, 6.07) is 14.2. The lowest BCUT2D eigenvalue weighted by atomic mass is 9.94. The fraction of sp³-hybridized carbons (Fsp3) is 0.458. The molecule has 2 aromatic rings. The number of carbonyl (C=O) groups excluding carboxylic acids is 1. The molecule has 0 radical (unpaired) electrons. The van der Waals surface area contributed by atoms with Gasteiger partial charge in [-0.05, 0) is 74.2 Å². The zero-order valence-electron chi connectivity index (χ0n) is 17.6. The number of ether oxygens (including phenoxy) is 1. The Morgan fingerprint density at radius 2 is 1.90 bits per heavy atom. The van der Waals surface area contributed by atoms with E-state index in [1.165, 1.54) is 5.56 Å². The minimum absolute atomic E-state index is 0.0409. The molecule has 29 heavy (non-hydrogen) atoms. The average molecular weight is 415 g/mol. The van der Waals surface area contributed by atoms with Crippen molar-refractivity contribution < 1.29 is 9.53 Å². The molecular formula is C24H31ClN2O2. The second kappa shape index (κ2) is 10.1. The molecule has 0 saturated carbocycles. The second-order valence-electron chi connectivity index (χ2n) is 7.88. The van der Waals surface area contributed by atoms with Crippen LogP contribution in [0.1, 0.15) is 48.9 Å². The standard InChI is InChI=1S/C24H31ClN2O2/c1-4-22(20-7-10-23(29-3)17(2)15-20)26-24(28)19-11-13-27(14-12-19)16-18-5-8-21(25)9-6-18/h5-10,15,19,22H,4,11-14,16H2,1-3H3,(H,26,28)/t22-/m0/s1. The van der Waals surface area contributed by atoms with Crippen LogP contribution in [0.25, 0.3) is 0 Å². The first-order valence-electron chi connectivity index (χ1n) is 10.4. The Labute approximate surface area is 179 Å². The summed E-state index contributed by atoms with van der Waals surface area (Å²) in [7, 11) is 1.68. The Kier molecular flexibility index (Phi) is 7.57. The molecule has 4 nitrogen and oxygen atoms in total. The van der Waals surface area contributed by atoms with Gasteiger partial charge in [0.15, 0.2) is 0 Å². The maximum absolute atomic E-state index is 12.9. The highest BCUT2D eigenvalue weighted by molar-refractivity contribution is 6.30. The molecule has 1 heterocycles. The van der Waals surface area contributed by atoms with Gasteiger partial charge in [-0.3, -0.25) is 9.69 Å². The average Bonchev–Trinajstić information content (AvgIpc) is 2.74. The van der Waals surface area contributed by atoms with Crippen molar-refractivity contribution in [2.75, 3.05) is 20.2 Å². The van der Waals surface area contributed by atoms with Crippen LogP contribution < -0.4 is 10.1 Å². The number of amides is 1. The lowest BCUT2D eigenvalue weighted by molar-refractivity contribution is -0.127. The summed E-state index contributed by atoms with van der Waals surface area (Å²) in [5.74, 6) is 1.14. The summed E-state index contributed by atoms with van der Waals surface area (Å²) in [6.07, 6.45) is 2.67. The number of hydrogen-bond acceptors (Lipinski definition) is 3. The van der Waals surface area contributed by atoms with Gasteiger partial charge < -0.3 is 10.1 Å². The summed E-state index contributed by atoms with van der Waals surface area (Å²) >= 11 is 5.97. The van der Waals surface area contributed by atoms with E-state index in [-0.39, 0.29) is 17.9 Å². The van der Waals surface area contributed by atoms with Crippen LogP contribution in [0.5, 0.6) is 5.75 Å². The Balaban J connectivity index is 1.53. The number of likely N-dealkylation sites (tertiary alicyclic amines) is 1. The molecule has 156 valence electrons. The number of rotatable bonds is 7. The molecule has 5 heteroatoms. The van der Waals surface area contributed by atoms with Crippen LogP contribution in [0.2, 0.25) is 5.02 Å². The predicted molar refractivity (Wildman–Crippen MR) is 118 cm³/mol. The van der Waals surface area contributed by atoms with Crippen LogP contribution >= 0.6 is 11.6 Å². The third-order valence-electron chi connectivity index (χ3n) is 5.82. The lowest BCUT2D eigenvalue weighted by Crippen LogP contribution is -2.41. The Hall–Kier alpha value is -2.04. The molecule has 2 aromatic carbocycles. The van der Waals surface area contributed by atoms with Crippen molar-refractivity contribution in [3.8, 4) is 5.75 Å². The summed E-state index contributed by atoms with van der Waals surface area (Å²) in [6.45, 7) is 6.94. The van der Waals surface area contributed by atoms with E-state index in [4.69, 9.17) is 16.3 Å². The summed E-state index contributed by atoms with van der Waals surface area (Å²) in [4.78, 5) is 15.3. The van der Waals surface area contributed by atoms with Gasteiger partial charge in [-0.15, -0.1) is 0 Å². The van der Waals surface area contributed by atoms with Crippen molar-refractivity contribution in [1.29, 1.82) is 0 Å². The number of hydrogen-bond donors (Lipinski definition) is 1. The fourth-order valence-corrected chi connectivity index (χ4v) is 4.16. The van der Waals surface area contributed by atoms with Gasteiger partial charge in [-0.25, -0.2) is 0 Å². The normalized spacial score (nSPS) is 16.4. The Bertz CT molecular complexity index is 814. The third-order valence-corrected chi connectivity index (χ3v) is 6.08. The summed E-state index contributed by atoms with van der Waals surface area (Å²) < 4.78 is 5.35. The molecule has 0 aliphatic carbocycles. The fourth-order valence-electron chi connectivity index (χ4n) is 4.03. The quantitative estimate of drug-likeness (QED) is 0.682. The molecule has 0 spiro atoms. The van der Waals surface area contributed by atoms with Crippen LogP contribution in [0.4, 0.5) is 0 Å². The van der Waals surface area contributed by atoms with E-state index in [1.54, 1.807) is 7.11 Å². The van der Waals surface area contributed by atoms with E-state index >= 15 is 0 Å². The minimum atomic E-state index is 0.0409. The number of methoxy groups -OCH3 is 1. The number of aryl methyl sites for hydroxylation is 1. The number of benzene rings is 2. The SMILES string of the molecule is CC[C@H](NC(=O)C1CCN(Cc2ccc(Cl)cc2)CC1)c1ccc(OC)c(C)c1. The van der Waals surface area contributed by atoms with Crippen LogP contribution in [0.3, 0.4) is 0 Å². The van der Waals surface area contributed by atoms with Crippen molar-refractivity contribution in [3.63, 3.8) is 0 Å². The van der Waals surface area contributed by atoms with E-state index < -0.39 is 0 Å². The van der Waals surface area contributed by atoms with E-state index in [1.807, 2.05) is 25.1 Å². The number of carbonyl (C=O) groups is 1. The van der Waals surface area contributed by atoms with E-state index in [0.717, 1.165) is 60.8 Å². The number of nitrogens with zero attached hydrogens (tertiary/aromatic N) is 1. The smallest absolute Gasteiger partial charge is 0.223 e. The van der Waals surface area contributed by atoms with Gasteiger partial charge >= 0.3 is 0 Å². The van der Waals surface area contributed by atoms with Gasteiger partial charge in [0.2, 0.25) is 5.91 Å². The minimum Gasteiger partial charge on any atom is -0.496 e. The first-order chi connectivity index (χ1) is 14.0. The number of halogens is 1. The molecule has 0 bridgehead atoms. The highest BCUT2D eigenvalue weighted by Crippen LogP contribution is 2.26. The molecule has 1 N–H and O–H groups in total. The maximum atomic E-state index is 12.9. The molecule has 1 aliphatic rings. The van der Waals surface area contributed by atoms with Crippen LogP contribution in [0.15, 0.2) is 42.5 Å². The lowest BCUT2D eigenvalue weighted by Gasteiger charge is -2.32. The molecule has 1 amide bonds. The van der Waals surface area contributed by atoms with E-state index in [2.05, 4.69) is 41.4 Å². The van der Waals surface area contributed by atoms with Gasteiger partial charge in [-0.2, -0.15) is 0 Å². The summed E-state index contributed by atoms with van der Waals surface area (Å²) in [5.41, 5.74) is 3.49. The molecule has 1 aliphatic heterocycles. The van der Waals surface area contributed by atoms with Crippen molar-refractivity contribution in [2.24, 2.45) is 5.92 Å². The maximum Gasteiger partial charge on any atom is 0.223 e. The van der Waals surface area contributed by atoms with Crippen LogP contribution in [-0.2, 0) is 11.3 Å². The van der Waals surface area contributed by atoms with Crippen molar-refractivity contribution >= 4 is 17.5 Å². The first-order valence-corrected chi connectivity index (χ1v) is 10.8. The molecule has 1 saturated heterocycles. The monoisotopic (exact) mass is 414 g/mol. The predicted octanol–water partition coefficient (Wildman–Crippen LogP) is 5.14. The largest absolute Gasteiger partial charge is 0.496 e. The summed E-state index contributed by atoms with van der Waals surface area (Å²) in [5, 5.41) is 4.04. The second-order valence-corrected chi connectivity index (χ2v) is 8.31. The van der Waals surface area contributed by atoms with Gasteiger partial charge in [0, 0.05) is 17.5 Å². The van der Waals surface area contributed by atoms with E-state index in [0.29, 0.717) is 0 Å². The zero-order chi connectivity index (χ0) is 20.8. The van der Waals surface area contributed by atoms with Crippen molar-refractivity contribution in [1.82, 2.24) is 10.2 Å². The molecule has 3 rings (SSSR count). The van der Waals surface area contributed by atoms with Gasteiger partial charge in [-0.1, -0.05) is 42.8 Å². The van der Waals surface area contributed by atoms with Gasteiger partial charge in [0.25, 0.3) is 0 Å². The molecular weight excluding hydrogens is 384 g/mol. The highest BCUT2D eigenvalue weighted by Gasteiger charge is 2.26. The third kappa shape index (κ3) is 5.74. The number of piperidine rings is 1. The Morgan fingerprint density at radius 3 is 2.48 bits per heavy atom. The topological polar surface area (TPSA) is 41.6 Å². The molecule has 1 fully saturated rings. The van der Waals surface area contributed by atoms with Gasteiger partial charge in [0.05, 0.1) is 13.2 Å². The van der Waals surface area contributed by atoms with Crippen LogP contribution in [-0.4, -0.2) is 31.0 Å². The first kappa shape index (κ1) is 21.7. The zero-order valence-corrected chi connectivity index (χ0v) is 18.3. The van der Waals surface area contributed by atoms with Crippen LogP contribution in [0, 0.1) is 12.8 Å². The molecule has 0 aromatic heterocycles. The highest BCUT2D eigenvalue weighted by atomic mass is 35.5. The Morgan fingerprint density at radius 1 is 1.21 bits per heavy atom.